The highest BCUT2D eigenvalue weighted by molar-refractivity contribution is 7.25. The Morgan fingerprint density at radius 2 is 1.31 bits per heavy atom. The molecule has 2 aromatic heterocycles. The standard InChI is InChI=1S/C47H34BN3S/c1-27-23-40-44-41(24-27)51-38-16-9-13-33-30-11-5-7-15-36(30)50(45(33)38)39-17-10-14-34(46(39)51)48(44)35-25-28(47(2,3)4)19-22-37(35)49(40)29-20-21-32-31-12-6-8-18-42(31)52-43(32)26-29/h5-26H,1-4H3/i5D,6D,7D,8D,9D,10D,11D,12D,13D,14D,15D,16D,17D,18D,19D,20D,21D,22D,23D,24D,25D,26D. The van der Waals surface area contributed by atoms with Crippen LogP contribution in [-0.4, -0.2) is 11.3 Å². The van der Waals surface area contributed by atoms with E-state index < -0.39 is 145 Å². The maximum Gasteiger partial charge on any atom is 0.252 e. The highest BCUT2D eigenvalue weighted by Crippen LogP contribution is 2.52. The van der Waals surface area contributed by atoms with Crippen molar-refractivity contribution in [2.24, 2.45) is 0 Å². The van der Waals surface area contributed by atoms with E-state index in [-0.39, 0.29) is 110 Å². The van der Waals surface area contributed by atoms with E-state index in [0.29, 0.717) is 0 Å². The molecule has 7 aromatic carbocycles. The molecule has 0 unspecified atom stereocenters. The second kappa shape index (κ2) is 9.75. The van der Waals surface area contributed by atoms with Crippen molar-refractivity contribution in [1.82, 2.24) is 4.57 Å². The molecule has 9 aromatic rings. The van der Waals surface area contributed by atoms with E-state index in [1.165, 1.54) is 16.4 Å². The van der Waals surface area contributed by atoms with Crippen LogP contribution in [0.4, 0.5) is 34.1 Å². The van der Waals surface area contributed by atoms with Gasteiger partial charge in [0.15, 0.2) is 0 Å². The molecule has 0 aliphatic carbocycles. The van der Waals surface area contributed by atoms with Gasteiger partial charge >= 0.3 is 0 Å². The Bertz CT molecular complexity index is 4310. The van der Waals surface area contributed by atoms with E-state index in [0.717, 1.165) is 16.2 Å². The van der Waals surface area contributed by atoms with Crippen molar-refractivity contribution >= 4 is 111 Å². The maximum atomic E-state index is 10.2. The predicted molar refractivity (Wildman–Crippen MR) is 225 cm³/mol. The van der Waals surface area contributed by atoms with Gasteiger partial charge < -0.3 is 14.4 Å². The number of hydrogen-bond acceptors (Lipinski definition) is 3. The number of anilines is 6. The van der Waals surface area contributed by atoms with Gasteiger partial charge in [-0.25, -0.2) is 0 Å². The lowest BCUT2D eigenvalue weighted by atomic mass is 9.33. The van der Waals surface area contributed by atoms with Crippen LogP contribution < -0.4 is 26.2 Å². The van der Waals surface area contributed by atoms with Gasteiger partial charge in [-0.05, 0) is 94.2 Å². The zero-order valence-corrected chi connectivity index (χ0v) is 28.6. The Morgan fingerprint density at radius 1 is 0.577 bits per heavy atom. The molecule has 0 fully saturated rings. The summed E-state index contributed by atoms with van der Waals surface area (Å²) in [5.74, 6) is 0. The molecule has 3 aliphatic heterocycles. The Balaban J connectivity index is 1.36. The third kappa shape index (κ3) is 3.57. The lowest BCUT2D eigenvalue weighted by Crippen LogP contribution is -2.62. The van der Waals surface area contributed by atoms with E-state index in [1.54, 1.807) is 20.8 Å². The van der Waals surface area contributed by atoms with Crippen LogP contribution >= 0.6 is 11.3 Å². The molecule has 52 heavy (non-hydrogen) atoms. The Labute approximate surface area is 338 Å². The summed E-state index contributed by atoms with van der Waals surface area (Å²) >= 11 is 0.766. The van der Waals surface area contributed by atoms with Gasteiger partial charge in [-0.3, -0.25) is 0 Å². The van der Waals surface area contributed by atoms with Crippen molar-refractivity contribution < 1.29 is 30.2 Å². The molecule has 12 rings (SSSR count). The highest BCUT2D eigenvalue weighted by atomic mass is 32.1. The summed E-state index contributed by atoms with van der Waals surface area (Å²) in [6.07, 6.45) is 0. The predicted octanol–water partition coefficient (Wildman–Crippen LogP) is 11.2. The zero-order chi connectivity index (χ0) is 53.8. The number of nitrogens with zero attached hydrogens (tertiary/aromatic N) is 3. The third-order valence-corrected chi connectivity index (χ3v) is 11.1. The summed E-state index contributed by atoms with van der Waals surface area (Å²) in [7, 11) is 0. The summed E-state index contributed by atoms with van der Waals surface area (Å²) < 4.78 is 208. The van der Waals surface area contributed by atoms with Gasteiger partial charge in [-0.15, -0.1) is 11.3 Å². The molecule has 3 nitrogen and oxygen atoms in total. The molecule has 0 saturated carbocycles. The molecule has 0 spiro atoms. The molecule has 3 aliphatic rings. The van der Waals surface area contributed by atoms with Crippen molar-refractivity contribution in [3.63, 3.8) is 0 Å². The van der Waals surface area contributed by atoms with Crippen molar-refractivity contribution in [1.29, 1.82) is 0 Å². The highest BCUT2D eigenvalue weighted by Gasteiger charge is 2.46. The van der Waals surface area contributed by atoms with Gasteiger partial charge in [0.1, 0.15) is 0 Å². The topological polar surface area (TPSA) is 11.4 Å². The molecule has 0 N–H and O–H groups in total. The third-order valence-electron chi connectivity index (χ3n) is 10.0. The molecule has 0 bridgehead atoms. The molecular weight excluding hydrogens is 649 g/mol. The van der Waals surface area contributed by atoms with Crippen LogP contribution in [0.5, 0.6) is 0 Å². The lowest BCUT2D eigenvalue weighted by molar-refractivity contribution is 0.591. The fourth-order valence-corrected chi connectivity index (χ4v) is 8.84. The summed E-state index contributed by atoms with van der Waals surface area (Å²) in [5, 5.41) is -0.697. The van der Waals surface area contributed by atoms with Gasteiger partial charge in [-0.2, -0.15) is 0 Å². The first-order valence-electron chi connectivity index (χ1n) is 27.5. The van der Waals surface area contributed by atoms with E-state index >= 15 is 0 Å². The van der Waals surface area contributed by atoms with Crippen LogP contribution in [0, 0.1) is 6.92 Å². The average molecular weight is 706 g/mol. The van der Waals surface area contributed by atoms with Gasteiger partial charge in [0.2, 0.25) is 0 Å². The van der Waals surface area contributed by atoms with Crippen molar-refractivity contribution in [3.05, 3.63) is 144 Å². The fraction of sp³-hybridized carbons (Fsp3) is 0.106. The van der Waals surface area contributed by atoms with Gasteiger partial charge in [0.05, 0.1) is 58.3 Å². The lowest BCUT2D eigenvalue weighted by Gasteiger charge is -2.46. The van der Waals surface area contributed by atoms with Gasteiger partial charge in [-0.1, -0.05) is 99.3 Å². The summed E-state index contributed by atoms with van der Waals surface area (Å²) in [6, 6.07) is -12.8. The molecule has 0 radical (unpaired) electrons. The monoisotopic (exact) mass is 705 g/mol. The minimum Gasteiger partial charge on any atom is -0.311 e. The molecule has 0 atom stereocenters. The van der Waals surface area contributed by atoms with Crippen LogP contribution in [0.1, 0.15) is 62.1 Å². The number of rotatable bonds is 1. The minimum atomic E-state index is -1.58. The Hall–Kier alpha value is -5.78. The SMILES string of the molecule is [2H]c1c([2H])c2c3c(c1[2H])-n1c4c([2H])c([2H])c([2H])c([2H])c4c4c([2H])c([2H])c([2H])c(c41)N3c1c([2H])c(C)c([2H])c3c1B2c1c([2H])c(C(C)(C)C)c([2H])c([2H])c1N3c1c([2H])c([2H])c2c(sc3c([2H])c([2H])c([2H])c([2H])c32)c1[2H]. The number of thiophene rings is 1. The average Bonchev–Trinajstić information content (AvgIpc) is 3.93. The van der Waals surface area contributed by atoms with Crippen LogP contribution in [-0.2, 0) is 5.41 Å². The Kier molecular flexibility index (Phi) is 2.83. The van der Waals surface area contributed by atoms with Crippen molar-refractivity contribution in [2.45, 2.75) is 33.1 Å². The Morgan fingerprint density at radius 3 is 2.17 bits per heavy atom. The van der Waals surface area contributed by atoms with Crippen LogP contribution in [0.15, 0.2) is 133 Å². The van der Waals surface area contributed by atoms with Crippen LogP contribution in [0.2, 0.25) is 0 Å². The van der Waals surface area contributed by atoms with E-state index in [1.807, 2.05) is 0 Å². The summed E-state index contributed by atoms with van der Waals surface area (Å²) in [5.41, 5.74) is -3.98. The van der Waals surface area contributed by atoms with E-state index in [4.69, 9.17) is 9.60 Å². The van der Waals surface area contributed by atoms with Crippen molar-refractivity contribution in [3.8, 4) is 5.69 Å². The molecule has 0 saturated heterocycles. The molecular formula is C47H34BN3S. The quantitative estimate of drug-likeness (QED) is 0.158. The van der Waals surface area contributed by atoms with Crippen LogP contribution in [0.25, 0.3) is 47.7 Å². The fourth-order valence-electron chi connectivity index (χ4n) is 7.88. The second-order valence-electron chi connectivity index (χ2n) is 14.1. The number of para-hydroxylation sites is 3. The second-order valence-corrected chi connectivity index (χ2v) is 15.1. The smallest absolute Gasteiger partial charge is 0.252 e. The molecule has 5 heteroatoms. The number of hydrogen-bond donors (Lipinski definition) is 0. The number of aromatic nitrogens is 1. The number of fused-ring (bicyclic) bond motifs is 12. The van der Waals surface area contributed by atoms with Gasteiger partial charge in [0.25, 0.3) is 6.71 Å². The molecule has 0 amide bonds. The minimum absolute atomic E-state index is 0.00897. The van der Waals surface area contributed by atoms with Crippen molar-refractivity contribution in [2.75, 3.05) is 9.80 Å². The normalized spacial score (nSPS) is 20.0. The zero-order valence-electron chi connectivity index (χ0n) is 49.8. The van der Waals surface area contributed by atoms with Gasteiger partial charge in [0, 0.05) is 53.7 Å². The van der Waals surface area contributed by atoms with Crippen LogP contribution in [0.3, 0.4) is 0 Å². The van der Waals surface area contributed by atoms with E-state index in [2.05, 4.69) is 0 Å². The maximum absolute atomic E-state index is 10.2. The molecule has 5 heterocycles. The largest absolute Gasteiger partial charge is 0.311 e. The van der Waals surface area contributed by atoms with E-state index in [9.17, 15) is 20.6 Å². The summed E-state index contributed by atoms with van der Waals surface area (Å²) in [4.78, 5) is 2.45. The molecule has 246 valence electrons. The summed E-state index contributed by atoms with van der Waals surface area (Å²) in [6.45, 7) is 4.96. The number of benzene rings is 7. The first kappa shape index (κ1) is 15.1. The first-order chi connectivity index (χ1) is 34.6. The first-order valence-corrected chi connectivity index (χ1v) is 17.4.